The molecule has 0 radical (unpaired) electrons. The Balaban J connectivity index is 1.66. The van der Waals surface area contributed by atoms with Crippen molar-refractivity contribution in [3.63, 3.8) is 0 Å². The van der Waals surface area contributed by atoms with Gasteiger partial charge in [0.25, 0.3) is 0 Å². The van der Waals surface area contributed by atoms with E-state index in [-0.39, 0.29) is 0 Å². The molecule has 2 aliphatic carbocycles. The second-order valence-corrected chi connectivity index (χ2v) is 6.07. The summed E-state index contributed by atoms with van der Waals surface area (Å²) in [6, 6.07) is 7.81. The highest BCUT2D eigenvalue weighted by atomic mass is 16.3. The van der Waals surface area contributed by atoms with Gasteiger partial charge in [-0.15, -0.1) is 0 Å². The topological polar surface area (TPSA) is 20.2 Å². The van der Waals surface area contributed by atoms with E-state index in [2.05, 4.69) is 13.0 Å². The summed E-state index contributed by atoms with van der Waals surface area (Å²) < 4.78 is 0. The fourth-order valence-electron chi connectivity index (χ4n) is 3.19. The van der Waals surface area contributed by atoms with E-state index in [9.17, 15) is 5.11 Å². The zero-order valence-electron chi connectivity index (χ0n) is 10.6. The molecule has 1 nitrogen and oxygen atoms in total. The third-order valence-corrected chi connectivity index (χ3v) is 4.52. The van der Waals surface area contributed by atoms with Crippen LogP contribution in [-0.2, 0) is 0 Å². The van der Waals surface area contributed by atoms with E-state index in [4.69, 9.17) is 0 Å². The van der Waals surface area contributed by atoms with Crippen LogP contribution in [0.3, 0.4) is 0 Å². The first-order chi connectivity index (χ1) is 8.24. The van der Waals surface area contributed by atoms with E-state index in [1.165, 1.54) is 37.7 Å². The Morgan fingerprint density at radius 1 is 1.18 bits per heavy atom. The van der Waals surface area contributed by atoms with E-state index < -0.39 is 0 Å². The van der Waals surface area contributed by atoms with Crippen LogP contribution in [0, 0.1) is 17.8 Å². The van der Waals surface area contributed by atoms with Crippen molar-refractivity contribution in [2.24, 2.45) is 17.8 Å². The average molecular weight is 230 g/mol. The lowest BCUT2D eigenvalue weighted by atomic mass is 9.84. The van der Waals surface area contributed by atoms with Crippen LogP contribution in [0.1, 0.15) is 50.5 Å². The molecule has 0 aromatic heterocycles. The molecule has 3 rings (SSSR count). The number of benzene rings is 1. The second-order valence-electron chi connectivity index (χ2n) is 6.07. The number of hydrogen-bond acceptors (Lipinski definition) is 1. The monoisotopic (exact) mass is 230 g/mol. The molecule has 2 aliphatic rings. The van der Waals surface area contributed by atoms with Crippen LogP contribution in [0.2, 0.25) is 0 Å². The molecule has 1 unspecified atom stereocenters. The zero-order chi connectivity index (χ0) is 11.8. The lowest BCUT2D eigenvalue weighted by Gasteiger charge is -2.21. The molecule has 2 fully saturated rings. The highest BCUT2D eigenvalue weighted by Crippen LogP contribution is 2.52. The van der Waals surface area contributed by atoms with Crippen molar-refractivity contribution in [1.29, 1.82) is 0 Å². The molecule has 0 saturated heterocycles. The van der Waals surface area contributed by atoms with Gasteiger partial charge in [0.15, 0.2) is 0 Å². The van der Waals surface area contributed by atoms with Crippen LogP contribution < -0.4 is 0 Å². The van der Waals surface area contributed by atoms with Gasteiger partial charge < -0.3 is 5.11 Å². The Labute approximate surface area is 104 Å². The zero-order valence-corrected chi connectivity index (χ0v) is 10.6. The predicted octanol–water partition coefficient (Wildman–Crippen LogP) is 4.32. The van der Waals surface area contributed by atoms with E-state index in [1.54, 1.807) is 6.07 Å². The number of rotatable bonds is 5. The number of hydrogen-bond donors (Lipinski definition) is 1. The summed E-state index contributed by atoms with van der Waals surface area (Å²) in [7, 11) is 0. The first kappa shape index (κ1) is 11.1. The largest absolute Gasteiger partial charge is 0.508 e. The van der Waals surface area contributed by atoms with Crippen molar-refractivity contribution in [1.82, 2.24) is 0 Å². The van der Waals surface area contributed by atoms with Gasteiger partial charge in [-0.25, -0.2) is 0 Å². The fourth-order valence-corrected chi connectivity index (χ4v) is 3.19. The molecule has 17 heavy (non-hydrogen) atoms. The summed E-state index contributed by atoms with van der Waals surface area (Å²) in [5.74, 6) is 4.02. The molecule has 1 aromatic rings. The van der Waals surface area contributed by atoms with Crippen LogP contribution in [-0.4, -0.2) is 5.11 Å². The van der Waals surface area contributed by atoms with Crippen molar-refractivity contribution in [2.75, 3.05) is 0 Å². The van der Waals surface area contributed by atoms with Gasteiger partial charge >= 0.3 is 0 Å². The Bertz CT molecular complexity index is 378. The van der Waals surface area contributed by atoms with E-state index in [0.717, 1.165) is 17.8 Å². The Morgan fingerprint density at radius 3 is 2.35 bits per heavy atom. The van der Waals surface area contributed by atoms with Crippen molar-refractivity contribution in [3.8, 4) is 5.75 Å². The van der Waals surface area contributed by atoms with Crippen molar-refractivity contribution >= 4 is 0 Å². The fraction of sp³-hybridized carbons (Fsp3) is 0.625. The number of phenolic OH excluding ortho intramolecular Hbond substituents is 1. The van der Waals surface area contributed by atoms with E-state index in [0.29, 0.717) is 11.7 Å². The smallest absolute Gasteiger partial charge is 0.115 e. The van der Waals surface area contributed by atoms with Crippen molar-refractivity contribution in [3.05, 3.63) is 29.8 Å². The Hall–Kier alpha value is -0.980. The van der Waals surface area contributed by atoms with E-state index in [1.807, 2.05) is 12.1 Å². The molecule has 0 amide bonds. The average Bonchev–Trinajstić information content (AvgIpc) is 3.16. The minimum absolute atomic E-state index is 0.406. The van der Waals surface area contributed by atoms with Crippen LogP contribution in [0.15, 0.2) is 24.3 Å². The standard InChI is InChI=1S/C16H22O/c1-11(14-3-2-4-15(17)10-14)9-16(12-5-6-12)13-7-8-13/h2-4,10-13,16-17H,5-9H2,1H3. The normalized spacial score (nSPS) is 21.8. The lowest BCUT2D eigenvalue weighted by molar-refractivity contribution is 0.353. The van der Waals surface area contributed by atoms with Gasteiger partial charge in [0.2, 0.25) is 0 Å². The highest BCUT2D eigenvalue weighted by Gasteiger charge is 2.41. The van der Waals surface area contributed by atoms with E-state index >= 15 is 0 Å². The van der Waals surface area contributed by atoms with Gasteiger partial charge in [-0.1, -0.05) is 19.1 Å². The quantitative estimate of drug-likeness (QED) is 0.798. The Morgan fingerprint density at radius 2 is 1.82 bits per heavy atom. The molecule has 1 aromatic carbocycles. The third-order valence-electron chi connectivity index (χ3n) is 4.52. The SMILES string of the molecule is CC(CC(C1CC1)C1CC1)c1cccc(O)c1. The molecule has 0 spiro atoms. The molecule has 0 aliphatic heterocycles. The van der Waals surface area contributed by atoms with Gasteiger partial charge in [-0.2, -0.15) is 0 Å². The Kier molecular flexibility index (Phi) is 2.85. The summed E-state index contributed by atoms with van der Waals surface area (Å²) in [4.78, 5) is 0. The molecule has 0 heterocycles. The van der Waals surface area contributed by atoms with Gasteiger partial charge in [-0.05, 0) is 73.5 Å². The van der Waals surface area contributed by atoms with Gasteiger partial charge in [0.1, 0.15) is 5.75 Å². The molecular weight excluding hydrogens is 208 g/mol. The maximum absolute atomic E-state index is 9.54. The summed E-state index contributed by atoms with van der Waals surface area (Å²) >= 11 is 0. The van der Waals surface area contributed by atoms with Gasteiger partial charge in [0, 0.05) is 0 Å². The molecule has 1 N–H and O–H groups in total. The lowest BCUT2D eigenvalue weighted by Crippen LogP contribution is -2.10. The number of aromatic hydroxyl groups is 1. The first-order valence-electron chi connectivity index (χ1n) is 7.03. The second kappa shape index (κ2) is 4.36. The molecule has 1 heteroatoms. The van der Waals surface area contributed by atoms with Crippen LogP contribution in [0.4, 0.5) is 0 Å². The molecule has 0 bridgehead atoms. The van der Waals surface area contributed by atoms with Crippen LogP contribution >= 0.6 is 0 Å². The summed E-state index contributed by atoms with van der Waals surface area (Å²) in [6.45, 7) is 2.31. The minimum atomic E-state index is 0.406. The predicted molar refractivity (Wildman–Crippen MR) is 70.1 cm³/mol. The highest BCUT2D eigenvalue weighted by molar-refractivity contribution is 5.29. The summed E-state index contributed by atoms with van der Waals surface area (Å²) in [5.41, 5.74) is 1.30. The summed E-state index contributed by atoms with van der Waals surface area (Å²) in [5, 5.41) is 9.54. The summed E-state index contributed by atoms with van der Waals surface area (Å²) in [6.07, 6.45) is 7.18. The van der Waals surface area contributed by atoms with Crippen LogP contribution in [0.25, 0.3) is 0 Å². The minimum Gasteiger partial charge on any atom is -0.508 e. The molecule has 2 saturated carbocycles. The van der Waals surface area contributed by atoms with Crippen molar-refractivity contribution in [2.45, 2.75) is 44.9 Å². The third kappa shape index (κ3) is 2.65. The molecular formula is C16H22O. The molecule has 1 atom stereocenters. The van der Waals surface area contributed by atoms with Gasteiger partial charge in [0.05, 0.1) is 0 Å². The molecule has 92 valence electrons. The maximum Gasteiger partial charge on any atom is 0.115 e. The first-order valence-corrected chi connectivity index (χ1v) is 7.03. The number of phenols is 1. The van der Waals surface area contributed by atoms with Crippen molar-refractivity contribution < 1.29 is 5.11 Å². The van der Waals surface area contributed by atoms with Crippen LogP contribution in [0.5, 0.6) is 5.75 Å². The maximum atomic E-state index is 9.54. The van der Waals surface area contributed by atoms with Gasteiger partial charge in [-0.3, -0.25) is 0 Å².